The first-order chi connectivity index (χ1) is 9.52. The van der Waals surface area contributed by atoms with Gasteiger partial charge in [0, 0.05) is 30.4 Å². The minimum Gasteiger partial charge on any atom is -0.310 e. The van der Waals surface area contributed by atoms with Crippen LogP contribution < -0.4 is 5.32 Å². The van der Waals surface area contributed by atoms with E-state index in [1.54, 1.807) is 0 Å². The lowest BCUT2D eigenvalue weighted by molar-refractivity contribution is 0.589. The fourth-order valence-corrected chi connectivity index (χ4v) is 2.58. The van der Waals surface area contributed by atoms with Crippen LogP contribution in [0.3, 0.4) is 0 Å². The molecule has 3 heteroatoms. The quantitative estimate of drug-likeness (QED) is 0.899. The van der Waals surface area contributed by atoms with Crippen LogP contribution in [0.25, 0.3) is 11.1 Å². The molecule has 1 aromatic carbocycles. The van der Waals surface area contributed by atoms with Crippen molar-refractivity contribution in [2.75, 3.05) is 0 Å². The molecule has 0 fully saturated rings. The fraction of sp³-hybridized carbons (Fsp3) is 0.471. The van der Waals surface area contributed by atoms with E-state index in [1.165, 1.54) is 22.4 Å². The molecule has 0 saturated carbocycles. The van der Waals surface area contributed by atoms with E-state index in [1.807, 2.05) is 0 Å². The van der Waals surface area contributed by atoms with Crippen molar-refractivity contribution < 1.29 is 0 Å². The van der Waals surface area contributed by atoms with Crippen molar-refractivity contribution >= 4 is 0 Å². The lowest BCUT2D eigenvalue weighted by Gasteiger charge is -2.10. The van der Waals surface area contributed by atoms with Crippen LogP contribution in [0.4, 0.5) is 0 Å². The molecule has 0 aliphatic carbocycles. The molecule has 2 rings (SSSR count). The molecule has 108 valence electrons. The number of nitrogens with one attached hydrogen (secondary N) is 1. The predicted molar refractivity (Wildman–Crippen MR) is 84.8 cm³/mol. The molecule has 0 aliphatic rings. The van der Waals surface area contributed by atoms with Crippen molar-refractivity contribution in [3.8, 4) is 11.1 Å². The first kappa shape index (κ1) is 14.8. The van der Waals surface area contributed by atoms with Gasteiger partial charge in [-0.25, -0.2) is 0 Å². The molecule has 20 heavy (non-hydrogen) atoms. The van der Waals surface area contributed by atoms with Gasteiger partial charge < -0.3 is 5.32 Å². The number of aryl methyl sites for hydroxylation is 2. The summed E-state index contributed by atoms with van der Waals surface area (Å²) < 4.78 is 2.07. The third-order valence-corrected chi connectivity index (χ3v) is 3.61. The Hall–Kier alpha value is -1.61. The molecule has 0 unspecified atom stereocenters. The molecule has 3 nitrogen and oxygen atoms in total. The summed E-state index contributed by atoms with van der Waals surface area (Å²) in [5.74, 6) is 0. The topological polar surface area (TPSA) is 29.9 Å². The van der Waals surface area contributed by atoms with Crippen molar-refractivity contribution in [1.29, 1.82) is 0 Å². The number of hydrogen-bond donors (Lipinski definition) is 1. The highest BCUT2D eigenvalue weighted by atomic mass is 15.3. The number of aromatic nitrogens is 2. The molecule has 0 spiro atoms. The van der Waals surface area contributed by atoms with E-state index in [0.29, 0.717) is 6.04 Å². The number of rotatable bonds is 5. The molecule has 0 aliphatic heterocycles. The maximum Gasteiger partial charge on any atom is 0.0674 e. The van der Waals surface area contributed by atoms with E-state index in [0.717, 1.165) is 18.8 Å². The van der Waals surface area contributed by atoms with Gasteiger partial charge >= 0.3 is 0 Å². The molecule has 0 atom stereocenters. The fourth-order valence-electron chi connectivity index (χ4n) is 2.58. The van der Waals surface area contributed by atoms with Crippen LogP contribution in [-0.2, 0) is 13.1 Å². The van der Waals surface area contributed by atoms with Crippen LogP contribution >= 0.6 is 0 Å². The summed E-state index contributed by atoms with van der Waals surface area (Å²) in [4.78, 5) is 0. The summed E-state index contributed by atoms with van der Waals surface area (Å²) in [5, 5.41) is 8.08. The molecule has 0 bridgehead atoms. The highest BCUT2D eigenvalue weighted by Crippen LogP contribution is 2.27. The minimum atomic E-state index is 0.505. The first-order valence-corrected chi connectivity index (χ1v) is 7.39. The van der Waals surface area contributed by atoms with Crippen LogP contribution in [0, 0.1) is 13.8 Å². The Labute approximate surface area is 122 Å². The summed E-state index contributed by atoms with van der Waals surface area (Å²) in [5.41, 5.74) is 6.22. The summed E-state index contributed by atoms with van der Waals surface area (Å²) in [6, 6.07) is 9.26. The normalized spacial score (nSPS) is 11.3. The zero-order valence-corrected chi connectivity index (χ0v) is 13.2. The average Bonchev–Trinajstić information content (AvgIpc) is 2.71. The van der Waals surface area contributed by atoms with Crippen LogP contribution in [0.2, 0.25) is 0 Å². The van der Waals surface area contributed by atoms with E-state index in [2.05, 4.69) is 74.0 Å². The molecular formula is C17H25N3. The van der Waals surface area contributed by atoms with Gasteiger partial charge in [-0.2, -0.15) is 5.10 Å². The number of benzene rings is 1. The zero-order valence-electron chi connectivity index (χ0n) is 13.2. The standard InChI is InChI=1S/C17H25N3/c1-6-20-14(5)17(13(4)19-20)16-9-7-8-15(10-16)11-18-12(2)3/h7-10,12,18H,6,11H2,1-5H3. The largest absolute Gasteiger partial charge is 0.310 e. The van der Waals surface area contributed by atoms with Gasteiger partial charge in [0.05, 0.1) is 5.69 Å². The molecule has 1 aromatic heterocycles. The van der Waals surface area contributed by atoms with Gasteiger partial charge in [-0.1, -0.05) is 32.0 Å². The Morgan fingerprint density at radius 2 is 2.00 bits per heavy atom. The van der Waals surface area contributed by atoms with Gasteiger partial charge in [0.1, 0.15) is 0 Å². The van der Waals surface area contributed by atoms with Crippen molar-refractivity contribution in [2.45, 2.75) is 53.8 Å². The molecule has 1 heterocycles. The monoisotopic (exact) mass is 271 g/mol. The highest BCUT2D eigenvalue weighted by Gasteiger charge is 2.12. The van der Waals surface area contributed by atoms with Crippen LogP contribution in [0.1, 0.15) is 37.7 Å². The number of hydrogen-bond acceptors (Lipinski definition) is 2. The van der Waals surface area contributed by atoms with Gasteiger partial charge in [0.25, 0.3) is 0 Å². The van der Waals surface area contributed by atoms with Gasteiger partial charge in [0.15, 0.2) is 0 Å². The second-order valence-corrected chi connectivity index (χ2v) is 5.60. The van der Waals surface area contributed by atoms with E-state index >= 15 is 0 Å². The minimum absolute atomic E-state index is 0.505. The Morgan fingerprint density at radius 3 is 2.60 bits per heavy atom. The summed E-state index contributed by atoms with van der Waals surface area (Å²) in [6.45, 7) is 12.5. The van der Waals surface area contributed by atoms with Gasteiger partial charge in [0.2, 0.25) is 0 Å². The summed E-state index contributed by atoms with van der Waals surface area (Å²) in [7, 11) is 0. The maximum absolute atomic E-state index is 4.61. The lowest BCUT2D eigenvalue weighted by Crippen LogP contribution is -2.21. The Morgan fingerprint density at radius 1 is 1.25 bits per heavy atom. The van der Waals surface area contributed by atoms with Gasteiger partial charge in [-0.15, -0.1) is 0 Å². The van der Waals surface area contributed by atoms with Crippen molar-refractivity contribution in [3.05, 3.63) is 41.2 Å². The van der Waals surface area contributed by atoms with Gasteiger partial charge in [-0.3, -0.25) is 4.68 Å². The number of nitrogens with zero attached hydrogens (tertiary/aromatic N) is 2. The van der Waals surface area contributed by atoms with Crippen molar-refractivity contribution in [1.82, 2.24) is 15.1 Å². The molecule has 1 N–H and O–H groups in total. The predicted octanol–water partition coefficient (Wildman–Crippen LogP) is 3.68. The van der Waals surface area contributed by atoms with E-state index < -0.39 is 0 Å². The second-order valence-electron chi connectivity index (χ2n) is 5.60. The molecular weight excluding hydrogens is 246 g/mol. The van der Waals surface area contributed by atoms with Crippen LogP contribution in [-0.4, -0.2) is 15.8 Å². The molecule has 0 saturated heterocycles. The maximum atomic E-state index is 4.61. The molecule has 0 amide bonds. The van der Waals surface area contributed by atoms with Crippen LogP contribution in [0.15, 0.2) is 24.3 Å². The van der Waals surface area contributed by atoms with Crippen LogP contribution in [0.5, 0.6) is 0 Å². The first-order valence-electron chi connectivity index (χ1n) is 7.39. The Balaban J connectivity index is 2.33. The van der Waals surface area contributed by atoms with E-state index in [-0.39, 0.29) is 0 Å². The smallest absolute Gasteiger partial charge is 0.0674 e. The van der Waals surface area contributed by atoms with E-state index in [4.69, 9.17) is 0 Å². The SMILES string of the molecule is CCn1nc(C)c(-c2cccc(CNC(C)C)c2)c1C. The second kappa shape index (κ2) is 6.23. The zero-order chi connectivity index (χ0) is 14.7. The average molecular weight is 271 g/mol. The Kier molecular flexibility index (Phi) is 4.61. The lowest BCUT2D eigenvalue weighted by atomic mass is 10.0. The van der Waals surface area contributed by atoms with E-state index in [9.17, 15) is 0 Å². The van der Waals surface area contributed by atoms with Crippen molar-refractivity contribution in [2.24, 2.45) is 0 Å². The molecule has 2 aromatic rings. The third-order valence-electron chi connectivity index (χ3n) is 3.61. The Bertz CT molecular complexity index is 582. The third kappa shape index (κ3) is 3.10. The van der Waals surface area contributed by atoms with Crippen molar-refractivity contribution in [3.63, 3.8) is 0 Å². The molecule has 0 radical (unpaired) electrons. The van der Waals surface area contributed by atoms with Gasteiger partial charge in [-0.05, 0) is 38.0 Å². The highest BCUT2D eigenvalue weighted by molar-refractivity contribution is 5.69. The summed E-state index contributed by atoms with van der Waals surface area (Å²) >= 11 is 0. The summed E-state index contributed by atoms with van der Waals surface area (Å²) in [6.07, 6.45) is 0.